The second-order valence-electron chi connectivity index (χ2n) is 8.61. The second-order valence-corrected chi connectivity index (χ2v) is 8.61. The highest BCUT2D eigenvalue weighted by atomic mass is 19.2. The van der Waals surface area contributed by atoms with Crippen LogP contribution < -0.4 is 10.6 Å². The SMILES string of the molecule is CCC(C)(C)C(C)CC1NC(=O)/C(=C/C(=NF)N2CCOCC2C)NC1C. The largest absolute Gasteiger partial charge is 0.377 e. The summed E-state index contributed by atoms with van der Waals surface area (Å²) < 4.78 is 18.7. The molecule has 2 N–H and O–H groups in total. The van der Waals surface area contributed by atoms with Crippen molar-refractivity contribution in [3.8, 4) is 0 Å². The molecule has 2 aliphatic heterocycles. The number of nitrogens with zero attached hydrogens (tertiary/aromatic N) is 2. The predicted octanol–water partition coefficient (Wildman–Crippen LogP) is 2.81. The Morgan fingerprint density at radius 2 is 2.15 bits per heavy atom. The first kappa shape index (κ1) is 21.7. The Kier molecular flexibility index (Phi) is 7.25. The minimum absolute atomic E-state index is 0.0130. The van der Waals surface area contributed by atoms with Crippen LogP contribution in [-0.2, 0) is 9.53 Å². The smallest absolute Gasteiger partial charge is 0.267 e. The van der Waals surface area contributed by atoms with E-state index in [4.69, 9.17) is 4.74 Å². The topological polar surface area (TPSA) is 66.0 Å². The van der Waals surface area contributed by atoms with Crippen LogP contribution in [0.4, 0.5) is 4.48 Å². The molecule has 0 saturated carbocycles. The van der Waals surface area contributed by atoms with Crippen LogP contribution in [0.1, 0.15) is 54.4 Å². The molecular weight excluding hydrogens is 347 g/mol. The number of amides is 1. The first-order valence-electron chi connectivity index (χ1n) is 10.0. The van der Waals surface area contributed by atoms with Crippen molar-refractivity contribution in [2.75, 3.05) is 19.8 Å². The lowest BCUT2D eigenvalue weighted by molar-refractivity contribution is -0.120. The minimum Gasteiger partial charge on any atom is -0.377 e. The third-order valence-corrected chi connectivity index (χ3v) is 6.42. The van der Waals surface area contributed by atoms with Crippen LogP contribution in [0.3, 0.4) is 0 Å². The van der Waals surface area contributed by atoms with E-state index in [2.05, 4.69) is 43.5 Å². The summed E-state index contributed by atoms with van der Waals surface area (Å²) in [6.45, 7) is 14.6. The molecule has 0 spiro atoms. The lowest BCUT2D eigenvalue weighted by Gasteiger charge is -2.39. The van der Waals surface area contributed by atoms with Crippen molar-refractivity contribution >= 4 is 11.7 Å². The summed E-state index contributed by atoms with van der Waals surface area (Å²) >= 11 is 0. The summed E-state index contributed by atoms with van der Waals surface area (Å²) in [4.78, 5) is 14.4. The maximum Gasteiger partial charge on any atom is 0.267 e. The van der Waals surface area contributed by atoms with Crippen molar-refractivity contribution in [2.45, 2.75) is 72.5 Å². The summed E-state index contributed by atoms with van der Waals surface area (Å²) in [5.74, 6) is 0.427. The number of hydrogen-bond acceptors (Lipinski definition) is 4. The molecule has 0 aromatic rings. The van der Waals surface area contributed by atoms with Gasteiger partial charge in [-0.05, 0) is 31.6 Å². The van der Waals surface area contributed by atoms with Crippen LogP contribution in [0, 0.1) is 11.3 Å². The zero-order chi connectivity index (χ0) is 20.2. The number of nitrogens with one attached hydrogen (secondary N) is 2. The molecule has 6 nitrogen and oxygen atoms in total. The highest BCUT2D eigenvalue weighted by molar-refractivity contribution is 6.03. The van der Waals surface area contributed by atoms with E-state index in [1.54, 1.807) is 0 Å². The molecule has 2 saturated heterocycles. The maximum atomic E-state index is 13.3. The van der Waals surface area contributed by atoms with E-state index in [0.717, 1.165) is 12.8 Å². The molecule has 2 heterocycles. The summed E-state index contributed by atoms with van der Waals surface area (Å²) in [6, 6.07) is 0.120. The molecular formula is C20H35FN4O2. The quantitative estimate of drug-likeness (QED) is 0.436. The molecule has 1 amide bonds. The van der Waals surface area contributed by atoms with E-state index >= 15 is 0 Å². The van der Waals surface area contributed by atoms with E-state index in [9.17, 15) is 9.28 Å². The van der Waals surface area contributed by atoms with Gasteiger partial charge in [-0.15, -0.1) is 0 Å². The summed E-state index contributed by atoms with van der Waals surface area (Å²) in [5.41, 5.74) is 0.581. The van der Waals surface area contributed by atoms with Crippen LogP contribution in [0.15, 0.2) is 17.0 Å². The Morgan fingerprint density at radius 1 is 1.44 bits per heavy atom. The zero-order valence-electron chi connectivity index (χ0n) is 17.5. The Balaban J connectivity index is 2.07. The fourth-order valence-electron chi connectivity index (χ4n) is 3.55. The number of amidine groups is 1. The van der Waals surface area contributed by atoms with Gasteiger partial charge in [0.05, 0.1) is 19.3 Å². The highest BCUT2D eigenvalue weighted by Crippen LogP contribution is 2.34. The van der Waals surface area contributed by atoms with Gasteiger partial charge in [0.25, 0.3) is 5.91 Å². The molecule has 4 unspecified atom stereocenters. The van der Waals surface area contributed by atoms with E-state index in [-0.39, 0.29) is 35.3 Å². The fourth-order valence-corrected chi connectivity index (χ4v) is 3.55. The molecule has 154 valence electrons. The van der Waals surface area contributed by atoms with Crippen LogP contribution in [0.5, 0.6) is 0 Å². The third kappa shape index (κ3) is 5.21. The van der Waals surface area contributed by atoms with E-state index in [1.807, 2.05) is 18.7 Å². The Hall–Kier alpha value is -1.63. The number of morpholine rings is 1. The van der Waals surface area contributed by atoms with Crippen LogP contribution in [0.2, 0.25) is 0 Å². The first-order valence-corrected chi connectivity index (χ1v) is 10.0. The van der Waals surface area contributed by atoms with Crippen LogP contribution in [-0.4, -0.2) is 54.5 Å². The monoisotopic (exact) mass is 382 g/mol. The minimum atomic E-state index is -0.207. The number of ether oxygens (including phenoxy) is 1. The number of halogens is 1. The standard InChI is InChI=1S/C20H35FN4O2/c1-7-20(5,6)13(2)10-16-15(4)22-17(19(26)23-16)11-18(24-21)25-8-9-27-12-14(25)3/h11,13-16,22H,7-10,12H2,1-6H3,(H,23,26)/b17-11-,24-18?. The van der Waals surface area contributed by atoms with E-state index in [0.29, 0.717) is 31.4 Å². The molecule has 2 aliphatic rings. The van der Waals surface area contributed by atoms with Gasteiger partial charge in [-0.2, -0.15) is 0 Å². The first-order chi connectivity index (χ1) is 12.7. The van der Waals surface area contributed by atoms with Crippen molar-refractivity contribution in [1.82, 2.24) is 15.5 Å². The van der Waals surface area contributed by atoms with Gasteiger partial charge in [0.1, 0.15) is 5.70 Å². The average Bonchev–Trinajstić information content (AvgIpc) is 2.63. The van der Waals surface area contributed by atoms with Gasteiger partial charge < -0.3 is 20.3 Å². The number of carbonyl (C=O) groups excluding carboxylic acids is 1. The summed E-state index contributed by atoms with van der Waals surface area (Å²) in [5, 5.41) is 9.27. The zero-order valence-corrected chi connectivity index (χ0v) is 17.5. The molecule has 0 bridgehead atoms. The van der Waals surface area contributed by atoms with Gasteiger partial charge in [-0.1, -0.05) is 43.8 Å². The number of carbonyl (C=O) groups is 1. The Bertz CT molecular complexity index is 591. The van der Waals surface area contributed by atoms with Crippen molar-refractivity contribution in [3.05, 3.63) is 11.8 Å². The number of rotatable bonds is 5. The predicted molar refractivity (Wildman–Crippen MR) is 106 cm³/mol. The summed E-state index contributed by atoms with van der Waals surface area (Å²) in [7, 11) is 0. The average molecular weight is 383 g/mol. The number of hydrogen-bond donors (Lipinski definition) is 2. The fraction of sp³-hybridized carbons (Fsp3) is 0.800. The van der Waals surface area contributed by atoms with Gasteiger partial charge in [0, 0.05) is 24.7 Å². The Labute approximate surface area is 162 Å². The van der Waals surface area contributed by atoms with E-state index < -0.39 is 0 Å². The van der Waals surface area contributed by atoms with Crippen molar-refractivity contribution in [3.63, 3.8) is 0 Å². The molecule has 0 aliphatic carbocycles. The van der Waals surface area contributed by atoms with Crippen molar-refractivity contribution < 1.29 is 14.0 Å². The van der Waals surface area contributed by atoms with Gasteiger partial charge >= 0.3 is 0 Å². The molecule has 0 aromatic carbocycles. The lowest BCUT2D eigenvalue weighted by Crippen LogP contribution is -2.57. The molecule has 0 aromatic heterocycles. The van der Waals surface area contributed by atoms with Crippen molar-refractivity contribution in [2.24, 2.45) is 16.5 Å². The van der Waals surface area contributed by atoms with Crippen LogP contribution >= 0.6 is 0 Å². The molecule has 7 heteroatoms. The van der Waals surface area contributed by atoms with Gasteiger partial charge in [0.2, 0.25) is 0 Å². The second kappa shape index (κ2) is 9.04. The number of piperazine rings is 1. The molecule has 4 atom stereocenters. The van der Waals surface area contributed by atoms with Gasteiger partial charge in [0.15, 0.2) is 5.84 Å². The molecule has 0 radical (unpaired) electrons. The molecule has 27 heavy (non-hydrogen) atoms. The van der Waals surface area contributed by atoms with Gasteiger partial charge in [-0.25, -0.2) is 0 Å². The molecule has 2 fully saturated rings. The lowest BCUT2D eigenvalue weighted by atomic mass is 9.74. The van der Waals surface area contributed by atoms with Crippen LogP contribution in [0.25, 0.3) is 0 Å². The van der Waals surface area contributed by atoms with Gasteiger partial charge in [-0.3, -0.25) is 4.79 Å². The highest BCUT2D eigenvalue weighted by Gasteiger charge is 2.34. The third-order valence-electron chi connectivity index (χ3n) is 6.42. The molecule has 2 rings (SSSR count). The van der Waals surface area contributed by atoms with Crippen molar-refractivity contribution in [1.29, 1.82) is 0 Å². The normalized spacial score (nSPS) is 30.1. The Morgan fingerprint density at radius 3 is 2.74 bits per heavy atom. The summed E-state index contributed by atoms with van der Waals surface area (Å²) in [6.07, 6.45) is 3.50. The van der Waals surface area contributed by atoms with E-state index in [1.165, 1.54) is 6.08 Å². The maximum absolute atomic E-state index is 13.3.